The quantitative estimate of drug-likeness (QED) is 0.645. The molecule has 1 saturated carbocycles. The lowest BCUT2D eigenvalue weighted by atomic mass is 9.92. The molecule has 4 N–H and O–H groups in total. The zero-order valence-electron chi connectivity index (χ0n) is 13.5. The smallest absolute Gasteiger partial charge is 0.243 e. The van der Waals surface area contributed by atoms with E-state index < -0.39 is 10.0 Å². The molecule has 1 fully saturated rings. The molecule has 0 heterocycles. The van der Waals surface area contributed by atoms with Gasteiger partial charge in [0.1, 0.15) is 4.90 Å². The molecule has 0 unspecified atom stereocenters. The van der Waals surface area contributed by atoms with Crippen LogP contribution in [0.25, 0.3) is 0 Å². The van der Waals surface area contributed by atoms with Crippen molar-refractivity contribution in [1.82, 2.24) is 10.0 Å². The molecule has 1 aromatic carbocycles. The van der Waals surface area contributed by atoms with Crippen molar-refractivity contribution in [2.24, 2.45) is 5.73 Å². The molecule has 0 bridgehead atoms. The van der Waals surface area contributed by atoms with Gasteiger partial charge in [-0.1, -0.05) is 29.3 Å². The maximum Gasteiger partial charge on any atom is 0.243 e. The van der Waals surface area contributed by atoms with Gasteiger partial charge in [-0.25, -0.2) is 13.1 Å². The zero-order valence-corrected chi connectivity index (χ0v) is 16.6. The summed E-state index contributed by atoms with van der Waals surface area (Å²) in [6.07, 6.45) is 3.54. The van der Waals surface area contributed by atoms with Gasteiger partial charge in [0.15, 0.2) is 0 Å². The third-order valence-electron chi connectivity index (χ3n) is 3.97. The van der Waals surface area contributed by atoms with Crippen LogP contribution in [0.4, 0.5) is 0 Å². The fraction of sp³-hybridized carbons (Fsp3) is 0.533. The second-order valence-electron chi connectivity index (χ2n) is 5.88. The molecule has 25 heavy (non-hydrogen) atoms. The van der Waals surface area contributed by atoms with Crippen LogP contribution in [0.1, 0.15) is 32.1 Å². The summed E-state index contributed by atoms with van der Waals surface area (Å²) < 4.78 is 26.9. The highest BCUT2D eigenvalue weighted by atomic mass is 35.5. The number of nitrogens with two attached hydrogens (primary N) is 1. The molecule has 0 spiro atoms. The van der Waals surface area contributed by atoms with E-state index in [-0.39, 0.29) is 58.3 Å². The monoisotopic (exact) mass is 429 g/mol. The molecule has 2 rings (SSSR count). The van der Waals surface area contributed by atoms with Crippen molar-refractivity contribution >= 4 is 51.5 Å². The van der Waals surface area contributed by atoms with Gasteiger partial charge in [0.05, 0.1) is 10.0 Å². The molecule has 0 radical (unpaired) electrons. The van der Waals surface area contributed by atoms with E-state index in [9.17, 15) is 13.2 Å². The highest BCUT2D eigenvalue weighted by Gasteiger charge is 2.22. The summed E-state index contributed by atoms with van der Waals surface area (Å²) in [7, 11) is -3.87. The fourth-order valence-electron chi connectivity index (χ4n) is 2.67. The first kappa shape index (κ1) is 22.5. The third-order valence-corrected chi connectivity index (χ3v) is 6.38. The number of sulfonamides is 1. The summed E-state index contributed by atoms with van der Waals surface area (Å²) in [4.78, 5) is 11.7. The standard InChI is InChI=1S/C15H21Cl2N3O3S.ClH/c16-12-2-1-3-13(17)15(12)24(22,23)19-9-8-14(21)20-11-6-4-10(18)5-7-11;/h1-3,10-11,19H,4-9,18H2,(H,20,21);1H. The van der Waals surface area contributed by atoms with Crippen molar-refractivity contribution in [2.45, 2.75) is 49.1 Å². The van der Waals surface area contributed by atoms with E-state index in [1.807, 2.05) is 0 Å². The molecule has 1 aliphatic carbocycles. The number of carbonyl (C=O) groups excluding carboxylic acids is 1. The van der Waals surface area contributed by atoms with E-state index in [0.29, 0.717) is 0 Å². The average molecular weight is 431 g/mol. The predicted molar refractivity (Wildman–Crippen MR) is 102 cm³/mol. The lowest BCUT2D eigenvalue weighted by Crippen LogP contribution is -2.41. The van der Waals surface area contributed by atoms with E-state index in [2.05, 4.69) is 10.0 Å². The van der Waals surface area contributed by atoms with E-state index >= 15 is 0 Å². The largest absolute Gasteiger partial charge is 0.353 e. The third kappa shape index (κ3) is 6.58. The van der Waals surface area contributed by atoms with Crippen LogP contribution in [-0.2, 0) is 14.8 Å². The lowest BCUT2D eigenvalue weighted by Gasteiger charge is -2.26. The van der Waals surface area contributed by atoms with Crippen LogP contribution in [0, 0.1) is 0 Å². The van der Waals surface area contributed by atoms with Crippen LogP contribution in [0.3, 0.4) is 0 Å². The molecule has 0 aliphatic heterocycles. The Morgan fingerprint density at radius 1 is 1.16 bits per heavy atom. The van der Waals surface area contributed by atoms with Gasteiger partial charge >= 0.3 is 0 Å². The summed E-state index contributed by atoms with van der Waals surface area (Å²) in [5, 5.41) is 2.99. The number of halogens is 3. The second kappa shape index (κ2) is 9.94. The van der Waals surface area contributed by atoms with Crippen molar-refractivity contribution in [3.63, 3.8) is 0 Å². The van der Waals surface area contributed by atoms with Gasteiger partial charge in [-0.2, -0.15) is 0 Å². The molecular weight excluding hydrogens is 409 g/mol. The second-order valence-corrected chi connectivity index (χ2v) is 8.40. The average Bonchev–Trinajstić information content (AvgIpc) is 2.49. The minimum atomic E-state index is -3.87. The minimum Gasteiger partial charge on any atom is -0.353 e. The first-order valence-corrected chi connectivity index (χ1v) is 10.0. The van der Waals surface area contributed by atoms with Crippen LogP contribution < -0.4 is 15.8 Å². The number of carbonyl (C=O) groups is 1. The maximum atomic E-state index is 12.3. The normalized spacial score (nSPS) is 20.6. The zero-order chi connectivity index (χ0) is 17.7. The lowest BCUT2D eigenvalue weighted by molar-refractivity contribution is -0.121. The van der Waals surface area contributed by atoms with Crippen LogP contribution in [0.2, 0.25) is 10.0 Å². The number of rotatable bonds is 6. The molecule has 6 nitrogen and oxygen atoms in total. The predicted octanol–water partition coefficient (Wildman–Crippen LogP) is 2.47. The Labute approximate surface area is 164 Å². The van der Waals surface area contributed by atoms with Gasteiger partial charge in [0, 0.05) is 25.0 Å². The maximum absolute atomic E-state index is 12.3. The minimum absolute atomic E-state index is 0. The Balaban J connectivity index is 0.00000312. The van der Waals surface area contributed by atoms with E-state index in [1.165, 1.54) is 12.1 Å². The molecule has 1 aliphatic rings. The van der Waals surface area contributed by atoms with Crippen LogP contribution >= 0.6 is 35.6 Å². The fourth-order valence-corrected chi connectivity index (χ4v) is 4.85. The highest BCUT2D eigenvalue weighted by molar-refractivity contribution is 7.89. The molecule has 1 aromatic rings. The van der Waals surface area contributed by atoms with Crippen molar-refractivity contribution < 1.29 is 13.2 Å². The Kier molecular flexibility index (Phi) is 8.94. The van der Waals surface area contributed by atoms with E-state index in [1.54, 1.807) is 6.07 Å². The first-order chi connectivity index (χ1) is 11.3. The summed E-state index contributed by atoms with van der Waals surface area (Å²) in [6, 6.07) is 4.79. The van der Waals surface area contributed by atoms with Crippen LogP contribution in [-0.4, -0.2) is 33.0 Å². The van der Waals surface area contributed by atoms with Gasteiger partial charge < -0.3 is 11.1 Å². The number of hydrogen-bond donors (Lipinski definition) is 3. The molecule has 0 aromatic heterocycles. The van der Waals surface area contributed by atoms with Crippen molar-refractivity contribution in [3.05, 3.63) is 28.2 Å². The Morgan fingerprint density at radius 2 is 1.72 bits per heavy atom. The van der Waals surface area contributed by atoms with Crippen molar-refractivity contribution in [2.75, 3.05) is 6.54 Å². The topological polar surface area (TPSA) is 101 Å². The van der Waals surface area contributed by atoms with E-state index in [0.717, 1.165) is 25.7 Å². The summed E-state index contributed by atoms with van der Waals surface area (Å²) in [6.45, 7) is -0.0258. The van der Waals surface area contributed by atoms with Gasteiger partial charge in [0.2, 0.25) is 15.9 Å². The van der Waals surface area contributed by atoms with Crippen molar-refractivity contribution in [1.29, 1.82) is 0 Å². The van der Waals surface area contributed by atoms with Gasteiger partial charge in [-0.05, 0) is 37.8 Å². The number of hydrogen-bond acceptors (Lipinski definition) is 4. The molecule has 10 heteroatoms. The summed E-state index contributed by atoms with van der Waals surface area (Å²) in [5.41, 5.74) is 5.82. The number of benzene rings is 1. The highest BCUT2D eigenvalue weighted by Crippen LogP contribution is 2.28. The SMILES string of the molecule is Cl.NC1CCC(NC(=O)CCNS(=O)(=O)c2c(Cl)cccc2Cl)CC1. The Hall–Kier alpha value is -0.570. The summed E-state index contributed by atoms with van der Waals surface area (Å²) >= 11 is 11.8. The van der Waals surface area contributed by atoms with E-state index in [4.69, 9.17) is 28.9 Å². The molecule has 0 atom stereocenters. The Bertz CT molecular complexity index is 672. The summed E-state index contributed by atoms with van der Waals surface area (Å²) in [5.74, 6) is -0.191. The van der Waals surface area contributed by atoms with Gasteiger partial charge in [-0.3, -0.25) is 4.79 Å². The molecule has 0 saturated heterocycles. The molecule has 1 amide bonds. The Morgan fingerprint density at radius 3 is 2.28 bits per heavy atom. The molecular formula is C15H22Cl3N3O3S. The number of nitrogens with one attached hydrogen (secondary N) is 2. The van der Waals surface area contributed by atoms with Gasteiger partial charge in [0.25, 0.3) is 0 Å². The van der Waals surface area contributed by atoms with Gasteiger partial charge in [-0.15, -0.1) is 12.4 Å². The molecule has 142 valence electrons. The first-order valence-electron chi connectivity index (χ1n) is 7.78. The number of amides is 1. The van der Waals surface area contributed by atoms with Crippen molar-refractivity contribution in [3.8, 4) is 0 Å². The van der Waals surface area contributed by atoms with Crippen LogP contribution in [0.15, 0.2) is 23.1 Å². The van der Waals surface area contributed by atoms with Crippen LogP contribution in [0.5, 0.6) is 0 Å².